The largest absolute Gasteiger partial charge is 0.417 e. The molecule has 0 atom stereocenters. The predicted octanol–water partition coefficient (Wildman–Crippen LogP) is 5.78. The Bertz CT molecular complexity index is 1020. The molecule has 0 spiro atoms. The molecule has 126 valence electrons. The summed E-state index contributed by atoms with van der Waals surface area (Å²) in [5.74, 6) is 0. The third-order valence-corrected chi connectivity index (χ3v) is 4.00. The Morgan fingerprint density at radius 3 is 1.54 bits per heavy atom. The Morgan fingerprint density at radius 1 is 0.615 bits per heavy atom. The molecule has 0 N–H and O–H groups in total. The molecule has 0 bridgehead atoms. The fourth-order valence-electron chi connectivity index (χ4n) is 2.67. The van der Waals surface area contributed by atoms with E-state index in [1.807, 2.05) is 12.1 Å². The maximum atomic E-state index is 13.6. The second-order valence-electron chi connectivity index (χ2n) is 5.64. The van der Waals surface area contributed by atoms with Crippen molar-refractivity contribution in [1.82, 2.24) is 0 Å². The number of benzene rings is 3. The molecule has 5 heteroatoms. The van der Waals surface area contributed by atoms with Gasteiger partial charge in [0, 0.05) is 0 Å². The van der Waals surface area contributed by atoms with Gasteiger partial charge in [-0.15, -0.1) is 0 Å². The van der Waals surface area contributed by atoms with Crippen molar-refractivity contribution in [3.05, 3.63) is 83.4 Å². The molecule has 2 nitrogen and oxygen atoms in total. The Hall–Kier alpha value is -3.57. The molecule has 0 fully saturated rings. The summed E-state index contributed by atoms with van der Waals surface area (Å²) in [6.45, 7) is 0. The average Bonchev–Trinajstić information content (AvgIpc) is 2.67. The quantitative estimate of drug-likeness (QED) is 0.589. The van der Waals surface area contributed by atoms with E-state index in [4.69, 9.17) is 10.5 Å². The molecule has 0 aliphatic heterocycles. The van der Waals surface area contributed by atoms with Gasteiger partial charge in [0.1, 0.15) is 0 Å². The minimum absolute atomic E-state index is 0.0550. The van der Waals surface area contributed by atoms with Crippen LogP contribution in [-0.2, 0) is 6.18 Å². The zero-order chi connectivity index (χ0) is 18.7. The van der Waals surface area contributed by atoms with Crippen LogP contribution in [-0.4, -0.2) is 0 Å². The normalized spacial score (nSPS) is 10.8. The smallest absolute Gasteiger partial charge is 0.192 e. The van der Waals surface area contributed by atoms with Crippen LogP contribution in [0.4, 0.5) is 13.2 Å². The zero-order valence-corrected chi connectivity index (χ0v) is 13.4. The summed E-state index contributed by atoms with van der Waals surface area (Å²) in [4.78, 5) is 0. The lowest BCUT2D eigenvalue weighted by molar-refractivity contribution is -0.137. The van der Waals surface area contributed by atoms with Gasteiger partial charge in [0.05, 0.1) is 28.8 Å². The Balaban J connectivity index is 2.11. The first-order chi connectivity index (χ1) is 12.4. The highest BCUT2D eigenvalue weighted by Crippen LogP contribution is 2.39. The van der Waals surface area contributed by atoms with Crippen LogP contribution in [0.25, 0.3) is 22.3 Å². The van der Waals surface area contributed by atoms with E-state index in [0.717, 1.165) is 6.07 Å². The van der Waals surface area contributed by atoms with Gasteiger partial charge in [-0.05, 0) is 52.6 Å². The van der Waals surface area contributed by atoms with Crippen molar-refractivity contribution in [1.29, 1.82) is 10.5 Å². The van der Waals surface area contributed by atoms with Crippen LogP contribution < -0.4 is 0 Å². The topological polar surface area (TPSA) is 47.6 Å². The second kappa shape index (κ2) is 6.74. The van der Waals surface area contributed by atoms with Gasteiger partial charge in [-0.3, -0.25) is 0 Å². The highest BCUT2D eigenvalue weighted by Gasteiger charge is 2.34. The van der Waals surface area contributed by atoms with E-state index in [9.17, 15) is 13.2 Å². The highest BCUT2D eigenvalue weighted by molar-refractivity contribution is 5.75. The summed E-state index contributed by atoms with van der Waals surface area (Å²) in [6, 6.07) is 20.4. The van der Waals surface area contributed by atoms with Crippen molar-refractivity contribution in [2.24, 2.45) is 0 Å². The number of halogens is 3. The summed E-state index contributed by atoms with van der Waals surface area (Å²) in [5, 5.41) is 17.7. The molecule has 0 aromatic heterocycles. The number of rotatable bonds is 2. The molecule has 0 radical (unpaired) electrons. The number of alkyl halides is 3. The molecule has 26 heavy (non-hydrogen) atoms. The lowest BCUT2D eigenvalue weighted by Gasteiger charge is -2.15. The lowest BCUT2D eigenvalue weighted by atomic mass is 9.94. The summed E-state index contributed by atoms with van der Waals surface area (Å²) in [5.41, 5.74) is 1.54. The average molecular weight is 348 g/mol. The number of nitriles is 2. The first-order valence-corrected chi connectivity index (χ1v) is 7.64. The molecule has 3 aromatic rings. The molecule has 0 saturated heterocycles. The molecule has 0 aliphatic rings. The van der Waals surface area contributed by atoms with Gasteiger partial charge in [0.2, 0.25) is 0 Å². The van der Waals surface area contributed by atoms with Crippen molar-refractivity contribution in [3.63, 3.8) is 0 Å². The molecular weight excluding hydrogens is 337 g/mol. The van der Waals surface area contributed by atoms with Gasteiger partial charge >= 0.3 is 6.18 Å². The number of hydrogen-bond acceptors (Lipinski definition) is 2. The van der Waals surface area contributed by atoms with E-state index in [2.05, 4.69) is 0 Å². The van der Waals surface area contributed by atoms with E-state index >= 15 is 0 Å². The van der Waals surface area contributed by atoms with Gasteiger partial charge in [-0.1, -0.05) is 36.4 Å². The molecule has 0 amide bonds. The Morgan fingerprint density at radius 2 is 1.08 bits per heavy atom. The van der Waals surface area contributed by atoms with Gasteiger partial charge in [-0.2, -0.15) is 23.7 Å². The van der Waals surface area contributed by atoms with E-state index < -0.39 is 11.7 Å². The monoisotopic (exact) mass is 348 g/mol. The van der Waals surface area contributed by atoms with Crippen molar-refractivity contribution in [2.75, 3.05) is 0 Å². The van der Waals surface area contributed by atoms with E-state index in [-0.39, 0.29) is 5.56 Å². The molecule has 0 heterocycles. The maximum absolute atomic E-state index is 13.6. The minimum atomic E-state index is -4.52. The van der Waals surface area contributed by atoms with Gasteiger partial charge < -0.3 is 0 Å². The van der Waals surface area contributed by atoms with E-state index in [0.29, 0.717) is 27.8 Å². The minimum Gasteiger partial charge on any atom is -0.192 e. The van der Waals surface area contributed by atoms with Crippen molar-refractivity contribution in [3.8, 4) is 34.4 Å². The lowest BCUT2D eigenvalue weighted by Crippen LogP contribution is -2.07. The fourth-order valence-corrected chi connectivity index (χ4v) is 2.67. The SMILES string of the molecule is N#Cc1ccc(-c2ccc(-c3ccc(C#N)cc3)c(C(F)(F)F)c2)cc1. The van der Waals surface area contributed by atoms with Crippen LogP contribution in [0.3, 0.4) is 0 Å². The fraction of sp³-hybridized carbons (Fsp3) is 0.0476. The first-order valence-electron chi connectivity index (χ1n) is 7.64. The van der Waals surface area contributed by atoms with E-state index in [1.54, 1.807) is 30.3 Å². The molecule has 3 aromatic carbocycles. The molecule has 0 unspecified atom stereocenters. The van der Waals surface area contributed by atoms with Crippen molar-refractivity contribution < 1.29 is 13.2 Å². The van der Waals surface area contributed by atoms with Crippen LogP contribution in [0.15, 0.2) is 66.7 Å². The Labute approximate surface area is 148 Å². The van der Waals surface area contributed by atoms with Crippen molar-refractivity contribution in [2.45, 2.75) is 6.18 Å². The predicted molar refractivity (Wildman–Crippen MR) is 91.7 cm³/mol. The number of nitrogens with zero attached hydrogens (tertiary/aromatic N) is 2. The number of hydrogen-bond donors (Lipinski definition) is 0. The van der Waals surface area contributed by atoms with Crippen LogP contribution in [0.1, 0.15) is 16.7 Å². The van der Waals surface area contributed by atoms with E-state index in [1.165, 1.54) is 30.3 Å². The van der Waals surface area contributed by atoms with Gasteiger partial charge in [-0.25, -0.2) is 0 Å². The summed E-state index contributed by atoms with van der Waals surface area (Å²) >= 11 is 0. The summed E-state index contributed by atoms with van der Waals surface area (Å²) < 4.78 is 40.8. The van der Waals surface area contributed by atoms with Crippen LogP contribution in [0.2, 0.25) is 0 Å². The Kier molecular flexibility index (Phi) is 4.47. The van der Waals surface area contributed by atoms with Crippen LogP contribution in [0, 0.1) is 22.7 Å². The molecular formula is C21H11F3N2. The molecule has 0 aliphatic carbocycles. The molecule has 0 saturated carbocycles. The summed E-state index contributed by atoms with van der Waals surface area (Å²) in [6.07, 6.45) is -4.52. The first kappa shape index (κ1) is 17.3. The summed E-state index contributed by atoms with van der Waals surface area (Å²) in [7, 11) is 0. The van der Waals surface area contributed by atoms with Gasteiger partial charge in [0.25, 0.3) is 0 Å². The molecule has 3 rings (SSSR count). The van der Waals surface area contributed by atoms with Crippen molar-refractivity contribution >= 4 is 0 Å². The maximum Gasteiger partial charge on any atom is 0.417 e. The third kappa shape index (κ3) is 3.43. The standard InChI is InChI=1S/C21H11F3N2/c22-21(23,24)20-11-18(16-5-1-14(12-25)2-6-16)9-10-19(20)17-7-3-15(13-26)4-8-17/h1-11H. The third-order valence-electron chi connectivity index (χ3n) is 4.00. The zero-order valence-electron chi connectivity index (χ0n) is 13.4. The van der Waals surface area contributed by atoms with Gasteiger partial charge in [0.15, 0.2) is 0 Å². The highest BCUT2D eigenvalue weighted by atomic mass is 19.4. The second-order valence-corrected chi connectivity index (χ2v) is 5.64. The van der Waals surface area contributed by atoms with Crippen LogP contribution in [0.5, 0.6) is 0 Å². The van der Waals surface area contributed by atoms with Crippen LogP contribution >= 0.6 is 0 Å².